The van der Waals surface area contributed by atoms with Crippen molar-refractivity contribution in [2.45, 2.75) is 6.92 Å². The van der Waals surface area contributed by atoms with Gasteiger partial charge in [0.05, 0.1) is 0 Å². The predicted molar refractivity (Wildman–Crippen MR) is 45.7 cm³/mol. The molecule has 0 aliphatic heterocycles. The number of rotatable bonds is 2. The molecule has 12 heavy (non-hydrogen) atoms. The standard InChI is InChI=1S/C8H8N4/c1-6(2)5-12-8(4-10)7(11)3-9/h5H,1,11H2,2H3. The quantitative estimate of drug-likeness (QED) is 0.480. The lowest BCUT2D eigenvalue weighted by atomic mass is 10.3. The predicted octanol–water partition coefficient (Wildman–Crippen LogP) is 0.851. The average molecular weight is 160 g/mol. The Bertz CT molecular complexity index is 322. The van der Waals surface area contributed by atoms with Gasteiger partial charge in [0.2, 0.25) is 0 Å². The normalized spacial score (nSPS) is 11.6. The second-order valence-corrected chi connectivity index (χ2v) is 2.09. The zero-order valence-corrected chi connectivity index (χ0v) is 6.70. The highest BCUT2D eigenvalue weighted by Gasteiger charge is 1.97. The van der Waals surface area contributed by atoms with Crippen LogP contribution in [0.5, 0.6) is 0 Å². The van der Waals surface area contributed by atoms with Crippen LogP contribution in [0.25, 0.3) is 0 Å². The van der Waals surface area contributed by atoms with Crippen molar-refractivity contribution in [1.29, 1.82) is 10.5 Å². The third-order valence-electron chi connectivity index (χ3n) is 0.896. The van der Waals surface area contributed by atoms with Crippen molar-refractivity contribution >= 4 is 6.21 Å². The first-order chi connectivity index (χ1) is 5.61. The van der Waals surface area contributed by atoms with Gasteiger partial charge in [-0.25, -0.2) is 4.99 Å². The van der Waals surface area contributed by atoms with E-state index in [-0.39, 0.29) is 11.4 Å². The minimum atomic E-state index is -0.185. The maximum absolute atomic E-state index is 8.46. The number of nitrogens with zero attached hydrogens (tertiary/aromatic N) is 3. The molecule has 0 rings (SSSR count). The fourth-order valence-corrected chi connectivity index (χ4v) is 0.386. The lowest BCUT2D eigenvalue weighted by molar-refractivity contribution is 1.27. The second-order valence-electron chi connectivity index (χ2n) is 2.09. The maximum Gasteiger partial charge on any atom is 0.174 e. The molecule has 0 saturated carbocycles. The number of hydrogen-bond acceptors (Lipinski definition) is 4. The van der Waals surface area contributed by atoms with Crippen LogP contribution in [0.1, 0.15) is 6.92 Å². The molecule has 0 spiro atoms. The second kappa shape index (κ2) is 4.70. The van der Waals surface area contributed by atoms with Gasteiger partial charge < -0.3 is 5.73 Å². The Morgan fingerprint density at radius 1 is 1.50 bits per heavy atom. The van der Waals surface area contributed by atoms with Gasteiger partial charge in [-0.2, -0.15) is 10.5 Å². The lowest BCUT2D eigenvalue weighted by Gasteiger charge is -1.89. The minimum Gasteiger partial charge on any atom is -0.388 e. The highest BCUT2D eigenvalue weighted by atomic mass is 14.8. The van der Waals surface area contributed by atoms with E-state index >= 15 is 0 Å². The SMILES string of the molecule is C=C(C)C=NC(C#N)=C(N)C#N. The summed E-state index contributed by atoms with van der Waals surface area (Å²) in [6.07, 6.45) is 1.38. The zero-order chi connectivity index (χ0) is 9.56. The molecular formula is C8H8N4. The lowest BCUT2D eigenvalue weighted by Crippen LogP contribution is -1.97. The molecule has 0 aliphatic rings. The monoisotopic (exact) mass is 160 g/mol. The average Bonchev–Trinajstić information content (AvgIpc) is 2.04. The molecule has 0 fully saturated rings. The third-order valence-corrected chi connectivity index (χ3v) is 0.896. The summed E-state index contributed by atoms with van der Waals surface area (Å²) in [5.74, 6) is 0. The summed E-state index contributed by atoms with van der Waals surface area (Å²) in [5.41, 5.74) is 5.59. The van der Waals surface area contributed by atoms with Crippen LogP contribution in [-0.2, 0) is 0 Å². The van der Waals surface area contributed by atoms with Crippen LogP contribution < -0.4 is 5.73 Å². The molecule has 0 aromatic carbocycles. The molecule has 0 saturated heterocycles. The minimum absolute atomic E-state index is 0.0829. The van der Waals surface area contributed by atoms with Gasteiger partial charge >= 0.3 is 0 Å². The Morgan fingerprint density at radius 2 is 2.08 bits per heavy atom. The van der Waals surface area contributed by atoms with Gasteiger partial charge in [-0.15, -0.1) is 0 Å². The first kappa shape index (κ1) is 9.93. The molecule has 2 N–H and O–H groups in total. The summed E-state index contributed by atoms with van der Waals surface area (Å²) < 4.78 is 0. The first-order valence-electron chi connectivity index (χ1n) is 3.11. The molecule has 0 radical (unpaired) electrons. The highest BCUT2D eigenvalue weighted by Crippen LogP contribution is 1.98. The number of nitriles is 2. The van der Waals surface area contributed by atoms with Crippen LogP contribution in [0.4, 0.5) is 0 Å². The number of allylic oxidation sites excluding steroid dienone is 3. The molecule has 0 atom stereocenters. The van der Waals surface area contributed by atoms with Gasteiger partial charge in [-0.3, -0.25) is 0 Å². The van der Waals surface area contributed by atoms with Crippen molar-refractivity contribution in [3.05, 3.63) is 23.5 Å². The summed E-state index contributed by atoms with van der Waals surface area (Å²) >= 11 is 0. The molecule has 0 aromatic heterocycles. The molecule has 60 valence electrons. The molecule has 4 heteroatoms. The maximum atomic E-state index is 8.46. The topological polar surface area (TPSA) is 86.0 Å². The molecule has 0 bridgehead atoms. The molecule has 0 heterocycles. The van der Waals surface area contributed by atoms with Gasteiger partial charge in [-0.1, -0.05) is 6.58 Å². The van der Waals surface area contributed by atoms with Gasteiger partial charge in [0.15, 0.2) is 5.70 Å². The summed E-state index contributed by atoms with van der Waals surface area (Å²) in [7, 11) is 0. The van der Waals surface area contributed by atoms with Gasteiger partial charge in [0.1, 0.15) is 17.8 Å². The Hall–Kier alpha value is -2.07. The molecule has 0 amide bonds. The van der Waals surface area contributed by atoms with Crippen LogP contribution in [0.3, 0.4) is 0 Å². The summed E-state index contributed by atoms with van der Waals surface area (Å²) in [6.45, 7) is 5.26. The largest absolute Gasteiger partial charge is 0.388 e. The Morgan fingerprint density at radius 3 is 2.42 bits per heavy atom. The number of hydrogen-bond donors (Lipinski definition) is 1. The van der Waals surface area contributed by atoms with E-state index < -0.39 is 0 Å². The van der Waals surface area contributed by atoms with Crippen LogP contribution in [0.2, 0.25) is 0 Å². The smallest absolute Gasteiger partial charge is 0.174 e. The van der Waals surface area contributed by atoms with Crippen LogP contribution in [-0.4, -0.2) is 6.21 Å². The zero-order valence-electron chi connectivity index (χ0n) is 6.70. The summed E-state index contributed by atoms with van der Waals surface area (Å²) in [6, 6.07) is 3.33. The van der Waals surface area contributed by atoms with Gasteiger partial charge in [-0.05, 0) is 12.5 Å². The molecular weight excluding hydrogens is 152 g/mol. The van der Waals surface area contributed by atoms with E-state index in [4.69, 9.17) is 16.3 Å². The van der Waals surface area contributed by atoms with Crippen LogP contribution >= 0.6 is 0 Å². The van der Waals surface area contributed by atoms with Crippen molar-refractivity contribution in [1.82, 2.24) is 0 Å². The Labute approximate surface area is 70.9 Å². The molecule has 0 aliphatic carbocycles. The van der Waals surface area contributed by atoms with E-state index in [9.17, 15) is 0 Å². The summed E-state index contributed by atoms with van der Waals surface area (Å²) in [5, 5.41) is 16.8. The van der Waals surface area contributed by atoms with E-state index in [1.165, 1.54) is 6.21 Å². The van der Waals surface area contributed by atoms with E-state index in [0.717, 1.165) is 0 Å². The summed E-state index contributed by atoms with van der Waals surface area (Å²) in [4.78, 5) is 3.66. The fourth-order valence-electron chi connectivity index (χ4n) is 0.386. The van der Waals surface area contributed by atoms with Crippen LogP contribution in [0.15, 0.2) is 28.5 Å². The van der Waals surface area contributed by atoms with Crippen molar-refractivity contribution in [2.75, 3.05) is 0 Å². The van der Waals surface area contributed by atoms with Crippen molar-refractivity contribution < 1.29 is 0 Å². The van der Waals surface area contributed by atoms with E-state index in [1.807, 2.05) is 0 Å². The van der Waals surface area contributed by atoms with E-state index in [2.05, 4.69) is 11.6 Å². The number of aliphatic imine (C=N–C) groups is 1. The van der Waals surface area contributed by atoms with Gasteiger partial charge in [0.25, 0.3) is 0 Å². The molecule has 0 unspecified atom stereocenters. The van der Waals surface area contributed by atoms with Crippen LogP contribution in [0, 0.1) is 22.7 Å². The Kier molecular flexibility index (Phi) is 3.89. The Balaban J connectivity index is 4.78. The van der Waals surface area contributed by atoms with Gasteiger partial charge in [0, 0.05) is 6.21 Å². The van der Waals surface area contributed by atoms with E-state index in [1.54, 1.807) is 19.1 Å². The van der Waals surface area contributed by atoms with Crippen molar-refractivity contribution in [2.24, 2.45) is 10.7 Å². The van der Waals surface area contributed by atoms with Crippen molar-refractivity contribution in [3.63, 3.8) is 0 Å². The number of nitrogens with two attached hydrogens (primary N) is 1. The molecule has 4 nitrogen and oxygen atoms in total. The highest BCUT2D eigenvalue weighted by molar-refractivity contribution is 5.78. The van der Waals surface area contributed by atoms with Crippen molar-refractivity contribution in [3.8, 4) is 12.1 Å². The van der Waals surface area contributed by atoms with E-state index in [0.29, 0.717) is 5.57 Å². The molecule has 0 aromatic rings. The third kappa shape index (κ3) is 3.19. The fraction of sp³-hybridized carbons (Fsp3) is 0.125. The first-order valence-corrected chi connectivity index (χ1v) is 3.11.